The zero-order chi connectivity index (χ0) is 20.7. The van der Waals surface area contributed by atoms with Crippen molar-refractivity contribution in [1.82, 2.24) is 4.31 Å². The van der Waals surface area contributed by atoms with Crippen LogP contribution in [0.25, 0.3) is 6.08 Å². The molecule has 0 unspecified atom stereocenters. The first kappa shape index (κ1) is 20.5. The molecule has 1 amide bonds. The van der Waals surface area contributed by atoms with E-state index in [1.807, 2.05) is 60.7 Å². The van der Waals surface area contributed by atoms with Crippen LogP contribution in [-0.4, -0.2) is 18.6 Å². The highest BCUT2D eigenvalue weighted by atomic mass is 32.2. The maximum Gasteiger partial charge on any atom is 0.248 e. The van der Waals surface area contributed by atoms with Crippen molar-refractivity contribution in [1.29, 1.82) is 0 Å². The summed E-state index contributed by atoms with van der Waals surface area (Å²) in [6.45, 7) is 0.412. The lowest BCUT2D eigenvalue weighted by Gasteiger charge is -2.21. The van der Waals surface area contributed by atoms with E-state index in [-0.39, 0.29) is 13.1 Å². The predicted octanol–water partition coefficient (Wildman–Crippen LogP) is 3.79. The molecule has 0 aliphatic carbocycles. The van der Waals surface area contributed by atoms with E-state index in [1.165, 1.54) is 9.71 Å². The van der Waals surface area contributed by atoms with Gasteiger partial charge in [0.25, 0.3) is 0 Å². The highest BCUT2D eigenvalue weighted by Crippen LogP contribution is 2.17. The summed E-state index contributed by atoms with van der Waals surface area (Å²) < 4.78 is 27.5. The van der Waals surface area contributed by atoms with Gasteiger partial charge in [-0.05, 0) is 34.9 Å². The van der Waals surface area contributed by atoms with Gasteiger partial charge in [0.2, 0.25) is 15.9 Å². The molecule has 0 saturated carbocycles. The summed E-state index contributed by atoms with van der Waals surface area (Å²) in [5.41, 5.74) is 8.12. The Labute approximate surface area is 171 Å². The Morgan fingerprint density at radius 2 is 1.31 bits per heavy atom. The molecule has 0 radical (unpaired) electrons. The van der Waals surface area contributed by atoms with Crippen LogP contribution >= 0.6 is 0 Å². The number of benzene rings is 3. The van der Waals surface area contributed by atoms with Gasteiger partial charge in [0, 0.05) is 24.1 Å². The summed E-state index contributed by atoms with van der Waals surface area (Å²) in [6.07, 6.45) is 1.59. The highest BCUT2D eigenvalue weighted by Gasteiger charge is 2.20. The average molecular weight is 407 g/mol. The minimum atomic E-state index is -3.68. The number of hydrogen-bond acceptors (Lipinski definition) is 3. The van der Waals surface area contributed by atoms with Crippen LogP contribution in [0.1, 0.15) is 27.0 Å². The van der Waals surface area contributed by atoms with Crippen molar-refractivity contribution in [3.8, 4) is 0 Å². The lowest BCUT2D eigenvalue weighted by molar-refractivity contribution is 0.1000. The monoisotopic (exact) mass is 406 g/mol. The number of rotatable bonds is 8. The second kappa shape index (κ2) is 9.32. The van der Waals surface area contributed by atoms with Gasteiger partial charge in [-0.3, -0.25) is 4.79 Å². The van der Waals surface area contributed by atoms with Crippen molar-refractivity contribution in [3.63, 3.8) is 0 Å². The van der Waals surface area contributed by atoms with E-state index in [1.54, 1.807) is 30.3 Å². The number of carbonyl (C=O) groups excluding carboxylic acids is 1. The van der Waals surface area contributed by atoms with Gasteiger partial charge in [0.05, 0.1) is 0 Å². The van der Waals surface area contributed by atoms with Crippen LogP contribution in [0.15, 0.2) is 90.3 Å². The van der Waals surface area contributed by atoms with Crippen molar-refractivity contribution >= 4 is 22.0 Å². The fourth-order valence-electron chi connectivity index (χ4n) is 2.82. The summed E-state index contributed by atoms with van der Waals surface area (Å²) >= 11 is 0. The lowest BCUT2D eigenvalue weighted by Crippen LogP contribution is -2.28. The molecule has 0 fully saturated rings. The third-order valence-electron chi connectivity index (χ3n) is 4.39. The Morgan fingerprint density at radius 1 is 0.793 bits per heavy atom. The first-order chi connectivity index (χ1) is 13.9. The first-order valence-corrected chi connectivity index (χ1v) is 10.6. The van der Waals surface area contributed by atoms with Crippen molar-refractivity contribution in [2.75, 3.05) is 0 Å². The normalized spacial score (nSPS) is 11.8. The van der Waals surface area contributed by atoms with Gasteiger partial charge in [-0.1, -0.05) is 72.8 Å². The molecule has 6 heteroatoms. The van der Waals surface area contributed by atoms with Crippen molar-refractivity contribution < 1.29 is 13.2 Å². The average Bonchev–Trinajstić information content (AvgIpc) is 2.74. The Balaban J connectivity index is 1.87. The van der Waals surface area contributed by atoms with Gasteiger partial charge in [0.1, 0.15) is 0 Å². The largest absolute Gasteiger partial charge is 0.366 e. The van der Waals surface area contributed by atoms with Gasteiger partial charge in [-0.25, -0.2) is 8.42 Å². The first-order valence-electron chi connectivity index (χ1n) is 9.10. The molecule has 0 atom stereocenters. The summed E-state index contributed by atoms with van der Waals surface area (Å²) in [7, 11) is -3.68. The molecule has 29 heavy (non-hydrogen) atoms. The molecular formula is C23H22N2O3S. The molecule has 0 aromatic heterocycles. The third-order valence-corrected chi connectivity index (χ3v) is 5.85. The van der Waals surface area contributed by atoms with Crippen LogP contribution in [0, 0.1) is 0 Å². The highest BCUT2D eigenvalue weighted by molar-refractivity contribution is 7.92. The molecule has 0 aliphatic rings. The topological polar surface area (TPSA) is 80.5 Å². The number of carbonyl (C=O) groups is 1. The van der Waals surface area contributed by atoms with Gasteiger partial charge < -0.3 is 5.73 Å². The molecule has 148 valence electrons. The number of nitrogens with two attached hydrogens (primary N) is 1. The third kappa shape index (κ3) is 5.88. The second-order valence-electron chi connectivity index (χ2n) is 6.57. The number of hydrogen-bond donors (Lipinski definition) is 1. The van der Waals surface area contributed by atoms with E-state index in [0.717, 1.165) is 16.7 Å². The Kier molecular flexibility index (Phi) is 6.59. The van der Waals surface area contributed by atoms with Crippen LogP contribution in [0.3, 0.4) is 0 Å². The van der Waals surface area contributed by atoms with Crippen LogP contribution < -0.4 is 5.73 Å². The van der Waals surface area contributed by atoms with E-state index in [9.17, 15) is 13.2 Å². The van der Waals surface area contributed by atoms with E-state index in [2.05, 4.69) is 0 Å². The quantitative estimate of drug-likeness (QED) is 0.618. The summed E-state index contributed by atoms with van der Waals surface area (Å²) in [6, 6.07) is 25.3. The molecule has 0 aliphatic heterocycles. The Morgan fingerprint density at radius 3 is 1.86 bits per heavy atom. The maximum absolute atomic E-state index is 13.1. The van der Waals surface area contributed by atoms with Crippen LogP contribution in [0.2, 0.25) is 0 Å². The van der Waals surface area contributed by atoms with Crippen LogP contribution in [0.4, 0.5) is 0 Å². The summed E-state index contributed by atoms with van der Waals surface area (Å²) in [4.78, 5) is 11.3. The minimum absolute atomic E-state index is 0.176. The molecule has 3 aromatic rings. The zero-order valence-electron chi connectivity index (χ0n) is 15.8. The van der Waals surface area contributed by atoms with Crippen LogP contribution in [-0.2, 0) is 23.1 Å². The van der Waals surface area contributed by atoms with Gasteiger partial charge in [0.15, 0.2) is 0 Å². The van der Waals surface area contributed by atoms with E-state index < -0.39 is 15.9 Å². The molecule has 0 heterocycles. The maximum atomic E-state index is 13.1. The van der Waals surface area contributed by atoms with Crippen molar-refractivity contribution in [2.24, 2.45) is 5.73 Å². The smallest absolute Gasteiger partial charge is 0.248 e. The molecule has 3 aromatic carbocycles. The standard InChI is InChI=1S/C23H22N2O3S/c24-23(26)22-13-11-21(12-14-22)18-25(17-20-9-5-2-6-10-20)29(27,28)16-15-19-7-3-1-4-8-19/h1-16H,17-18H2,(H2,24,26)/b16-15+. The number of sulfonamides is 1. The SMILES string of the molecule is NC(=O)c1ccc(CN(Cc2ccccc2)S(=O)(=O)/C=C/c2ccccc2)cc1. The van der Waals surface area contributed by atoms with E-state index in [4.69, 9.17) is 5.73 Å². The Bertz CT molecular complexity index is 1080. The number of nitrogens with zero attached hydrogens (tertiary/aromatic N) is 1. The van der Waals surface area contributed by atoms with E-state index in [0.29, 0.717) is 5.56 Å². The second-order valence-corrected chi connectivity index (χ2v) is 8.39. The molecular weight excluding hydrogens is 384 g/mol. The minimum Gasteiger partial charge on any atom is -0.366 e. The summed E-state index contributed by atoms with van der Waals surface area (Å²) in [5.74, 6) is -0.517. The number of amides is 1. The molecule has 0 spiro atoms. The van der Waals surface area contributed by atoms with Crippen molar-refractivity contribution in [2.45, 2.75) is 13.1 Å². The van der Waals surface area contributed by atoms with Gasteiger partial charge >= 0.3 is 0 Å². The zero-order valence-corrected chi connectivity index (χ0v) is 16.6. The predicted molar refractivity (Wildman–Crippen MR) is 115 cm³/mol. The number of primary amides is 1. The molecule has 0 saturated heterocycles. The lowest BCUT2D eigenvalue weighted by atomic mass is 10.1. The van der Waals surface area contributed by atoms with Gasteiger partial charge in [-0.2, -0.15) is 4.31 Å². The molecule has 0 bridgehead atoms. The van der Waals surface area contributed by atoms with E-state index >= 15 is 0 Å². The molecule has 2 N–H and O–H groups in total. The van der Waals surface area contributed by atoms with Gasteiger partial charge in [-0.15, -0.1) is 0 Å². The fourth-order valence-corrected chi connectivity index (χ4v) is 3.97. The fraction of sp³-hybridized carbons (Fsp3) is 0.0870. The molecule has 5 nitrogen and oxygen atoms in total. The Hall–Kier alpha value is -3.22. The van der Waals surface area contributed by atoms with Crippen molar-refractivity contribution in [3.05, 3.63) is 113 Å². The van der Waals surface area contributed by atoms with Crippen LogP contribution in [0.5, 0.6) is 0 Å². The molecule has 3 rings (SSSR count). The summed E-state index contributed by atoms with van der Waals surface area (Å²) in [5, 5.41) is 1.23.